The molecule has 8 unspecified atom stereocenters. The first-order chi connectivity index (χ1) is 20.4. The molecule has 10 nitrogen and oxygen atoms in total. The molecule has 4 saturated carbocycles. The summed E-state index contributed by atoms with van der Waals surface area (Å²) < 4.78 is 25.5. The lowest BCUT2D eigenvalue weighted by atomic mass is 9.43. The van der Waals surface area contributed by atoms with Crippen LogP contribution in [0.3, 0.4) is 0 Å². The van der Waals surface area contributed by atoms with Crippen LogP contribution in [0.1, 0.15) is 79.1 Å². The zero-order valence-electron chi connectivity index (χ0n) is 26.1. The van der Waals surface area contributed by atoms with Gasteiger partial charge in [0.1, 0.15) is 30.5 Å². The number of rotatable bonds is 3. The van der Waals surface area contributed by atoms with E-state index in [1.807, 2.05) is 0 Å². The second-order valence-electron chi connectivity index (χ2n) is 16.1. The van der Waals surface area contributed by atoms with Crippen molar-refractivity contribution in [3.05, 3.63) is 0 Å². The minimum Gasteiger partial charge on any atom is -0.394 e. The molecule has 19 atom stereocenters. The van der Waals surface area contributed by atoms with E-state index in [1.165, 1.54) is 0 Å². The smallest absolute Gasteiger partial charge is 0.187 e. The summed E-state index contributed by atoms with van der Waals surface area (Å²) >= 11 is 0. The minimum atomic E-state index is -1.57. The van der Waals surface area contributed by atoms with E-state index in [1.54, 1.807) is 0 Å². The Kier molecular flexibility index (Phi) is 7.86. The molecule has 7 rings (SSSR count). The first-order valence-corrected chi connectivity index (χ1v) is 17.0. The Hall–Kier alpha value is -0.400. The molecule has 0 aromatic carbocycles. The molecule has 1 spiro atoms. The lowest BCUT2D eigenvalue weighted by Crippen LogP contribution is -2.67. The molecule has 246 valence electrons. The Morgan fingerprint density at radius 2 is 1.60 bits per heavy atom. The number of ether oxygens (including phenoxy) is 4. The zero-order valence-corrected chi connectivity index (χ0v) is 26.1. The fraction of sp³-hybridized carbons (Fsp3) is 1.00. The summed E-state index contributed by atoms with van der Waals surface area (Å²) in [6.07, 6.45) is -2.33. The molecule has 0 aromatic heterocycles. The number of hydrogen-bond acceptors (Lipinski definition) is 10. The van der Waals surface area contributed by atoms with Crippen LogP contribution in [-0.4, -0.2) is 105 Å². The summed E-state index contributed by atoms with van der Waals surface area (Å²) in [5, 5.41) is 63.7. The Morgan fingerprint density at radius 1 is 0.837 bits per heavy atom. The third-order valence-electron chi connectivity index (χ3n) is 14.2. The van der Waals surface area contributed by atoms with Gasteiger partial charge in [0.2, 0.25) is 0 Å². The normalized spacial score (nSPS) is 61.5. The maximum atomic E-state index is 11.4. The second kappa shape index (κ2) is 10.8. The van der Waals surface area contributed by atoms with Crippen molar-refractivity contribution in [2.24, 2.45) is 52.3 Å². The van der Waals surface area contributed by atoms with E-state index in [-0.39, 0.29) is 23.4 Å². The Labute approximate surface area is 255 Å². The summed E-state index contributed by atoms with van der Waals surface area (Å²) in [5.41, 5.74) is -0.374. The van der Waals surface area contributed by atoms with Crippen LogP contribution in [0.5, 0.6) is 0 Å². The summed E-state index contributed by atoms with van der Waals surface area (Å²) in [7, 11) is 0. The Balaban J connectivity index is 1.16. The van der Waals surface area contributed by atoms with Crippen molar-refractivity contribution in [3.63, 3.8) is 0 Å². The van der Waals surface area contributed by atoms with Crippen LogP contribution in [-0.2, 0) is 18.9 Å². The SMILES string of the molecule is CC1C2C(CC3C4CC[C@@H]5CC(O)[C@@H](O)[C@@H](O[C@@H]6O[C@H](CO)[C@@H](O)[C@@H](O)[C@H]6O)[C@]5(C)C4CC[C@@]32C)OC12CC[C@@H](C)CO2. The number of fused-ring (bicyclic) bond motifs is 7. The molecule has 4 aliphatic carbocycles. The van der Waals surface area contributed by atoms with Gasteiger partial charge >= 0.3 is 0 Å². The number of aliphatic hydroxyl groups is 6. The van der Waals surface area contributed by atoms with Gasteiger partial charge in [-0.15, -0.1) is 0 Å². The van der Waals surface area contributed by atoms with E-state index >= 15 is 0 Å². The van der Waals surface area contributed by atoms with E-state index < -0.39 is 66.8 Å². The van der Waals surface area contributed by atoms with Gasteiger partial charge in [-0.05, 0) is 85.9 Å². The summed E-state index contributed by atoms with van der Waals surface area (Å²) in [4.78, 5) is 0. The second-order valence-corrected chi connectivity index (χ2v) is 16.1. The Bertz CT molecular complexity index is 1030. The van der Waals surface area contributed by atoms with Crippen LogP contribution < -0.4 is 0 Å². The van der Waals surface area contributed by atoms with E-state index in [0.717, 1.165) is 51.6 Å². The van der Waals surface area contributed by atoms with Crippen molar-refractivity contribution in [2.45, 2.75) is 140 Å². The van der Waals surface area contributed by atoms with Gasteiger partial charge in [0, 0.05) is 17.8 Å². The fourth-order valence-electron chi connectivity index (χ4n) is 11.9. The fourth-order valence-corrected chi connectivity index (χ4v) is 11.9. The quantitative estimate of drug-likeness (QED) is 0.277. The number of aliphatic hydroxyl groups excluding tert-OH is 6. The predicted molar refractivity (Wildman–Crippen MR) is 153 cm³/mol. The molecule has 0 radical (unpaired) electrons. The van der Waals surface area contributed by atoms with Crippen molar-refractivity contribution >= 4 is 0 Å². The Morgan fingerprint density at radius 3 is 2.30 bits per heavy atom. The lowest BCUT2D eigenvalue weighted by molar-refractivity contribution is -0.346. The molecule has 43 heavy (non-hydrogen) atoms. The van der Waals surface area contributed by atoms with Gasteiger partial charge in [-0.1, -0.05) is 27.7 Å². The van der Waals surface area contributed by atoms with Crippen LogP contribution >= 0.6 is 0 Å². The maximum absolute atomic E-state index is 11.4. The summed E-state index contributed by atoms with van der Waals surface area (Å²) in [6.45, 7) is 9.47. The third kappa shape index (κ3) is 4.41. The molecule has 7 fully saturated rings. The van der Waals surface area contributed by atoms with Crippen LogP contribution in [0, 0.1) is 52.3 Å². The van der Waals surface area contributed by atoms with Crippen molar-refractivity contribution in [1.82, 2.24) is 0 Å². The lowest BCUT2D eigenvalue weighted by Gasteiger charge is -2.64. The van der Waals surface area contributed by atoms with E-state index in [4.69, 9.17) is 18.9 Å². The molecule has 3 heterocycles. The highest BCUT2D eigenvalue weighted by Gasteiger charge is 2.70. The molecule has 3 saturated heterocycles. The molecule has 7 aliphatic rings. The molecular weight excluding hydrogens is 556 g/mol. The number of hydrogen-bond donors (Lipinski definition) is 6. The van der Waals surface area contributed by atoms with Gasteiger partial charge in [0.25, 0.3) is 0 Å². The van der Waals surface area contributed by atoms with Crippen molar-refractivity contribution in [2.75, 3.05) is 13.2 Å². The van der Waals surface area contributed by atoms with Gasteiger partial charge in [0.15, 0.2) is 12.1 Å². The van der Waals surface area contributed by atoms with Crippen molar-refractivity contribution in [3.8, 4) is 0 Å². The topological polar surface area (TPSA) is 158 Å². The summed E-state index contributed by atoms with van der Waals surface area (Å²) in [6, 6.07) is 0. The largest absolute Gasteiger partial charge is 0.394 e. The molecular formula is C33H54O10. The van der Waals surface area contributed by atoms with Gasteiger partial charge in [-0.3, -0.25) is 0 Å². The average Bonchev–Trinajstić information content (AvgIpc) is 3.43. The molecule has 3 aliphatic heterocycles. The molecule has 0 aromatic rings. The van der Waals surface area contributed by atoms with E-state index in [0.29, 0.717) is 36.0 Å². The predicted octanol–water partition coefficient (Wildman–Crippen LogP) is 1.56. The average molecular weight is 611 g/mol. The van der Waals surface area contributed by atoms with Crippen molar-refractivity contribution < 1.29 is 49.6 Å². The molecule has 0 bridgehead atoms. The van der Waals surface area contributed by atoms with Gasteiger partial charge in [-0.25, -0.2) is 0 Å². The van der Waals surface area contributed by atoms with Crippen LogP contribution in [0.4, 0.5) is 0 Å². The van der Waals surface area contributed by atoms with E-state index in [9.17, 15) is 30.6 Å². The van der Waals surface area contributed by atoms with E-state index in [2.05, 4.69) is 27.7 Å². The van der Waals surface area contributed by atoms with Gasteiger partial charge < -0.3 is 49.6 Å². The molecule has 0 amide bonds. The maximum Gasteiger partial charge on any atom is 0.187 e. The third-order valence-corrected chi connectivity index (χ3v) is 14.2. The monoisotopic (exact) mass is 610 g/mol. The first kappa shape index (κ1) is 31.2. The van der Waals surface area contributed by atoms with Gasteiger partial charge in [-0.2, -0.15) is 0 Å². The highest BCUT2D eigenvalue weighted by Crippen LogP contribution is 2.71. The first-order valence-electron chi connectivity index (χ1n) is 17.0. The minimum absolute atomic E-state index is 0.114. The van der Waals surface area contributed by atoms with Crippen LogP contribution in [0.25, 0.3) is 0 Å². The van der Waals surface area contributed by atoms with Crippen LogP contribution in [0.2, 0.25) is 0 Å². The summed E-state index contributed by atoms with van der Waals surface area (Å²) in [5.74, 6) is 2.11. The van der Waals surface area contributed by atoms with Crippen LogP contribution in [0.15, 0.2) is 0 Å². The van der Waals surface area contributed by atoms with Crippen molar-refractivity contribution in [1.29, 1.82) is 0 Å². The zero-order chi connectivity index (χ0) is 30.6. The van der Waals surface area contributed by atoms with Gasteiger partial charge in [0.05, 0.1) is 31.5 Å². The highest BCUT2D eigenvalue weighted by atomic mass is 16.7. The standard InChI is InChI=1S/C33H54O10/c1-15-7-10-33(40-14-15)16(2)24-22(43-33)12-20-18-6-5-17-11-21(35)25(36)29(32(17,4)19(18)8-9-31(20,24)3)42-30-28(39)27(38)26(37)23(13-34)41-30/h15-30,34-39H,5-14H2,1-4H3/t15-,16?,17-,18?,19?,20?,21?,22?,23-,24?,25-,26-,27-,28-,29-,30+,31+,32+,33?/m1/s1. The molecule has 6 N–H and O–H groups in total. The highest BCUT2D eigenvalue weighted by molar-refractivity contribution is 5.17. The molecule has 10 heteroatoms.